The number of carbonyl (C=O) groups is 2. The number of nitrogens with zero attached hydrogens (tertiary/aromatic N) is 1. The van der Waals surface area contributed by atoms with E-state index < -0.39 is 0 Å². The van der Waals surface area contributed by atoms with Gasteiger partial charge in [-0.25, -0.2) is 4.79 Å². The number of amides is 1. The molecule has 1 aromatic carbocycles. The molecule has 0 radical (unpaired) electrons. The molecule has 1 aliphatic rings. The smallest absolute Gasteiger partial charge is 0.341 e. The summed E-state index contributed by atoms with van der Waals surface area (Å²) in [5, 5.41) is 5.43. The predicted octanol–water partition coefficient (Wildman–Crippen LogP) is 4.12. The van der Waals surface area contributed by atoms with Crippen LogP contribution in [0.25, 0.3) is 0 Å². The lowest BCUT2D eigenvalue weighted by Gasteiger charge is -2.13. The first-order chi connectivity index (χ1) is 12.0. The summed E-state index contributed by atoms with van der Waals surface area (Å²) in [6.45, 7) is 2.10. The number of ether oxygens (including phenoxy) is 1. The van der Waals surface area contributed by atoms with Crippen LogP contribution in [-0.2, 0) is 4.74 Å². The van der Waals surface area contributed by atoms with Crippen molar-refractivity contribution in [2.45, 2.75) is 25.7 Å². The van der Waals surface area contributed by atoms with Gasteiger partial charge < -0.3 is 15.0 Å². The van der Waals surface area contributed by atoms with Crippen molar-refractivity contribution in [1.29, 1.82) is 0 Å². The number of benzene rings is 1. The summed E-state index contributed by atoms with van der Waals surface area (Å²) >= 11 is 1.39. The van der Waals surface area contributed by atoms with E-state index in [9.17, 15) is 9.59 Å². The highest BCUT2D eigenvalue weighted by Crippen LogP contribution is 2.46. The number of hydrogen-bond acceptors (Lipinski definition) is 5. The highest BCUT2D eigenvalue weighted by atomic mass is 32.1. The van der Waals surface area contributed by atoms with Gasteiger partial charge in [0.1, 0.15) is 5.00 Å². The third kappa shape index (κ3) is 3.85. The molecule has 0 atom stereocenters. The largest absolute Gasteiger partial charge is 0.462 e. The second-order valence-electron chi connectivity index (χ2n) is 6.29. The average Bonchev–Trinajstić information content (AvgIpc) is 3.36. The third-order valence-corrected chi connectivity index (χ3v) is 5.08. The number of anilines is 2. The molecule has 1 fully saturated rings. The van der Waals surface area contributed by atoms with Crippen LogP contribution in [0, 0.1) is 0 Å². The van der Waals surface area contributed by atoms with Crippen molar-refractivity contribution in [3.63, 3.8) is 0 Å². The summed E-state index contributed by atoms with van der Waals surface area (Å²) in [6.07, 6.45) is 2.17. The second kappa shape index (κ2) is 7.27. The van der Waals surface area contributed by atoms with E-state index in [4.69, 9.17) is 4.74 Å². The van der Waals surface area contributed by atoms with Gasteiger partial charge in [0.25, 0.3) is 5.91 Å². The Kier molecular flexibility index (Phi) is 5.08. The van der Waals surface area contributed by atoms with Crippen LogP contribution in [-0.4, -0.2) is 32.6 Å². The summed E-state index contributed by atoms with van der Waals surface area (Å²) in [4.78, 5) is 27.0. The summed E-state index contributed by atoms with van der Waals surface area (Å²) in [5.74, 6) is -0.167. The molecule has 1 heterocycles. The number of thiophene rings is 1. The summed E-state index contributed by atoms with van der Waals surface area (Å²) in [7, 11) is 3.86. The van der Waals surface area contributed by atoms with E-state index in [1.807, 2.05) is 42.6 Å². The van der Waals surface area contributed by atoms with Crippen molar-refractivity contribution in [2.75, 3.05) is 30.9 Å². The SMILES string of the molecule is CCOC(=O)c1c(C2CC2)csc1NC(=O)c1cccc(N(C)C)c1. The van der Waals surface area contributed by atoms with Gasteiger partial charge in [-0.3, -0.25) is 4.79 Å². The van der Waals surface area contributed by atoms with Crippen LogP contribution in [0.3, 0.4) is 0 Å². The third-order valence-electron chi connectivity index (χ3n) is 4.17. The minimum absolute atomic E-state index is 0.224. The van der Waals surface area contributed by atoms with Crippen LogP contribution < -0.4 is 10.2 Å². The fourth-order valence-corrected chi connectivity index (χ4v) is 3.70. The van der Waals surface area contributed by atoms with Gasteiger partial charge in [-0.15, -0.1) is 11.3 Å². The average molecular weight is 358 g/mol. The van der Waals surface area contributed by atoms with Crippen molar-refractivity contribution in [3.8, 4) is 0 Å². The monoisotopic (exact) mass is 358 g/mol. The van der Waals surface area contributed by atoms with E-state index in [0.717, 1.165) is 24.1 Å². The molecule has 3 rings (SSSR count). The molecule has 132 valence electrons. The molecule has 5 nitrogen and oxygen atoms in total. The maximum absolute atomic E-state index is 12.6. The molecule has 1 saturated carbocycles. The summed E-state index contributed by atoms with van der Waals surface area (Å²) in [5.41, 5.74) is 3.03. The van der Waals surface area contributed by atoms with Crippen molar-refractivity contribution < 1.29 is 14.3 Å². The zero-order valence-corrected chi connectivity index (χ0v) is 15.5. The zero-order chi connectivity index (χ0) is 18.0. The van der Waals surface area contributed by atoms with E-state index in [0.29, 0.717) is 28.7 Å². The number of esters is 1. The van der Waals surface area contributed by atoms with Crippen LogP contribution in [0.5, 0.6) is 0 Å². The Morgan fingerprint density at radius 3 is 2.72 bits per heavy atom. The van der Waals surface area contributed by atoms with E-state index in [-0.39, 0.29) is 11.9 Å². The van der Waals surface area contributed by atoms with Crippen LogP contribution >= 0.6 is 11.3 Å². The lowest BCUT2D eigenvalue weighted by Crippen LogP contribution is -2.16. The molecule has 2 aromatic rings. The number of rotatable bonds is 6. The molecule has 0 spiro atoms. The highest BCUT2D eigenvalue weighted by Gasteiger charge is 2.32. The molecule has 1 aliphatic carbocycles. The fourth-order valence-electron chi connectivity index (χ4n) is 2.67. The molecule has 0 unspecified atom stereocenters. The Hall–Kier alpha value is -2.34. The molecule has 0 saturated heterocycles. The molecule has 0 bridgehead atoms. The first kappa shape index (κ1) is 17.5. The van der Waals surface area contributed by atoms with Crippen molar-refractivity contribution >= 4 is 33.9 Å². The van der Waals surface area contributed by atoms with Crippen LogP contribution in [0.1, 0.15) is 52.0 Å². The second-order valence-corrected chi connectivity index (χ2v) is 7.17. The first-order valence-corrected chi connectivity index (χ1v) is 9.26. The predicted molar refractivity (Wildman–Crippen MR) is 101 cm³/mol. The molecule has 25 heavy (non-hydrogen) atoms. The molecule has 1 N–H and O–H groups in total. The Morgan fingerprint density at radius 2 is 2.08 bits per heavy atom. The van der Waals surface area contributed by atoms with Crippen molar-refractivity contribution in [1.82, 2.24) is 0 Å². The Labute approximate surface area is 151 Å². The van der Waals surface area contributed by atoms with E-state index >= 15 is 0 Å². The maximum atomic E-state index is 12.6. The van der Waals surface area contributed by atoms with Crippen molar-refractivity contribution in [3.05, 3.63) is 46.3 Å². The quantitative estimate of drug-likeness (QED) is 0.789. The summed E-state index contributed by atoms with van der Waals surface area (Å²) < 4.78 is 5.19. The standard InChI is InChI=1S/C19H22N2O3S/c1-4-24-19(23)16-15(12-8-9-12)11-25-18(16)20-17(22)13-6-5-7-14(10-13)21(2)3/h5-7,10-12H,4,8-9H2,1-3H3,(H,20,22). The molecule has 0 aliphatic heterocycles. The minimum atomic E-state index is -0.358. The molecular weight excluding hydrogens is 336 g/mol. The van der Waals surface area contributed by atoms with E-state index in [1.54, 1.807) is 13.0 Å². The van der Waals surface area contributed by atoms with Crippen LogP contribution in [0.2, 0.25) is 0 Å². The Balaban J connectivity index is 1.86. The summed E-state index contributed by atoms with van der Waals surface area (Å²) in [6, 6.07) is 7.38. The van der Waals surface area contributed by atoms with Gasteiger partial charge in [-0.1, -0.05) is 6.07 Å². The maximum Gasteiger partial charge on any atom is 0.341 e. The van der Waals surface area contributed by atoms with Gasteiger partial charge in [-0.05, 0) is 54.8 Å². The zero-order valence-electron chi connectivity index (χ0n) is 14.7. The van der Waals surface area contributed by atoms with E-state index in [2.05, 4.69) is 5.32 Å². The van der Waals surface area contributed by atoms with Gasteiger partial charge in [0.15, 0.2) is 0 Å². The molecule has 1 amide bonds. The Morgan fingerprint density at radius 1 is 1.32 bits per heavy atom. The van der Waals surface area contributed by atoms with E-state index in [1.165, 1.54) is 11.3 Å². The number of hydrogen-bond donors (Lipinski definition) is 1. The minimum Gasteiger partial charge on any atom is -0.462 e. The van der Waals surface area contributed by atoms with Gasteiger partial charge >= 0.3 is 5.97 Å². The van der Waals surface area contributed by atoms with Gasteiger partial charge in [-0.2, -0.15) is 0 Å². The normalized spacial score (nSPS) is 13.4. The van der Waals surface area contributed by atoms with Crippen molar-refractivity contribution in [2.24, 2.45) is 0 Å². The number of carbonyl (C=O) groups excluding carboxylic acids is 2. The topological polar surface area (TPSA) is 58.6 Å². The highest BCUT2D eigenvalue weighted by molar-refractivity contribution is 7.15. The molecule has 6 heteroatoms. The van der Waals surface area contributed by atoms with Gasteiger partial charge in [0.05, 0.1) is 12.2 Å². The molecule has 1 aromatic heterocycles. The fraction of sp³-hybridized carbons (Fsp3) is 0.368. The molecular formula is C19H22N2O3S. The lowest BCUT2D eigenvalue weighted by molar-refractivity contribution is 0.0527. The lowest BCUT2D eigenvalue weighted by atomic mass is 10.1. The van der Waals surface area contributed by atoms with Gasteiger partial charge in [0, 0.05) is 25.3 Å². The van der Waals surface area contributed by atoms with Crippen LogP contribution in [0.15, 0.2) is 29.6 Å². The number of nitrogens with one attached hydrogen (secondary N) is 1. The Bertz CT molecular complexity index is 794. The van der Waals surface area contributed by atoms with Crippen LogP contribution in [0.4, 0.5) is 10.7 Å². The van der Waals surface area contributed by atoms with Gasteiger partial charge in [0.2, 0.25) is 0 Å². The first-order valence-electron chi connectivity index (χ1n) is 8.38.